The quantitative estimate of drug-likeness (QED) is 0.842. The summed E-state index contributed by atoms with van der Waals surface area (Å²) in [6.07, 6.45) is -4.54. The molecule has 1 atom stereocenters. The smallest absolute Gasteiger partial charge is 0.409 e. The molecule has 0 saturated heterocycles. The number of nitrogens with one attached hydrogen (secondary N) is 1. The summed E-state index contributed by atoms with van der Waals surface area (Å²) in [5.41, 5.74) is -0.691. The lowest BCUT2D eigenvalue weighted by atomic mass is 9.86. The summed E-state index contributed by atoms with van der Waals surface area (Å²) in [7, 11) is 0. The number of hydrogen-bond donors (Lipinski definition) is 1. The first-order valence-corrected chi connectivity index (χ1v) is 7.01. The monoisotopic (exact) mass is 331 g/mol. The molecule has 1 aromatic carbocycles. The van der Waals surface area contributed by atoms with Crippen LogP contribution in [0.1, 0.15) is 38.1 Å². The molecule has 0 unspecified atom stereocenters. The Hall–Kier alpha value is -2.05. The highest BCUT2D eigenvalue weighted by atomic mass is 19.4. The average molecular weight is 331 g/mol. The molecular weight excluding hydrogens is 311 g/mol. The van der Waals surface area contributed by atoms with E-state index in [9.17, 15) is 22.8 Å². The molecule has 0 aliphatic heterocycles. The fourth-order valence-electron chi connectivity index (χ4n) is 1.93. The topological polar surface area (TPSA) is 55.4 Å². The fraction of sp³-hybridized carbons (Fsp3) is 0.500. The van der Waals surface area contributed by atoms with Crippen LogP contribution in [0.2, 0.25) is 0 Å². The molecule has 0 aromatic heterocycles. The maximum absolute atomic E-state index is 13.0. The average Bonchev–Trinajstić information content (AvgIpc) is 2.40. The second kappa shape index (κ2) is 7.02. The molecule has 4 nitrogen and oxygen atoms in total. The minimum atomic E-state index is -4.54. The molecule has 0 heterocycles. The molecule has 0 aliphatic carbocycles. The minimum absolute atomic E-state index is 0.118. The van der Waals surface area contributed by atoms with Crippen molar-refractivity contribution in [2.45, 2.75) is 39.9 Å². The Bertz CT molecular complexity index is 545. The third kappa shape index (κ3) is 5.92. The van der Waals surface area contributed by atoms with Crippen LogP contribution >= 0.6 is 0 Å². The van der Waals surface area contributed by atoms with E-state index in [1.165, 1.54) is 52.0 Å². The van der Waals surface area contributed by atoms with Gasteiger partial charge in [-0.2, -0.15) is 13.2 Å². The molecule has 23 heavy (non-hydrogen) atoms. The van der Waals surface area contributed by atoms with Crippen LogP contribution in [0.15, 0.2) is 24.3 Å². The number of Topliss-reactive ketones (excluding diaryl/α,β-unsaturated/α-hetero) is 1. The number of ketones is 1. The van der Waals surface area contributed by atoms with Gasteiger partial charge in [-0.3, -0.25) is 9.59 Å². The maximum atomic E-state index is 13.0. The van der Waals surface area contributed by atoms with Crippen molar-refractivity contribution in [2.75, 3.05) is 6.61 Å². The molecule has 0 aliphatic rings. The maximum Gasteiger partial charge on any atom is 0.409 e. The van der Waals surface area contributed by atoms with E-state index < -0.39 is 30.1 Å². The van der Waals surface area contributed by atoms with Gasteiger partial charge in [0.15, 0.2) is 12.4 Å². The Balaban J connectivity index is 2.64. The molecule has 1 amide bonds. The highest BCUT2D eigenvalue weighted by molar-refractivity contribution is 5.94. The first-order valence-electron chi connectivity index (χ1n) is 7.01. The predicted octanol–water partition coefficient (Wildman–Crippen LogP) is 3.36. The molecular formula is C16H20F3NO3. The molecule has 0 bridgehead atoms. The van der Waals surface area contributed by atoms with E-state index in [2.05, 4.69) is 0 Å². The zero-order chi connectivity index (χ0) is 17.8. The van der Waals surface area contributed by atoms with Gasteiger partial charge in [0, 0.05) is 5.56 Å². The van der Waals surface area contributed by atoms with Gasteiger partial charge in [-0.1, -0.05) is 20.8 Å². The van der Waals surface area contributed by atoms with Gasteiger partial charge in [-0.25, -0.2) is 0 Å². The normalized spacial score (nSPS) is 13.3. The third-order valence-electron chi connectivity index (χ3n) is 3.13. The Labute approximate surface area is 133 Å². The first kappa shape index (κ1) is 19.0. The Morgan fingerprint density at radius 2 is 1.65 bits per heavy atom. The predicted molar refractivity (Wildman–Crippen MR) is 79.4 cm³/mol. The standard InChI is InChI=1S/C16H20F3NO3/c1-10(21)11-5-7-12(8-6-11)23-9-13(22)20-14(15(2,3)4)16(17,18)19/h5-8,14H,9H2,1-4H3,(H,20,22)/t14-/m1/s1. The van der Waals surface area contributed by atoms with Gasteiger partial charge in [-0.05, 0) is 36.6 Å². The second-order valence-corrected chi connectivity index (χ2v) is 6.28. The van der Waals surface area contributed by atoms with Crippen LogP contribution in [0.4, 0.5) is 13.2 Å². The van der Waals surface area contributed by atoms with Crippen molar-refractivity contribution in [2.24, 2.45) is 5.41 Å². The summed E-state index contributed by atoms with van der Waals surface area (Å²) < 4.78 is 44.1. The summed E-state index contributed by atoms with van der Waals surface area (Å²) in [5.74, 6) is -0.685. The number of carbonyl (C=O) groups excluding carboxylic acids is 2. The van der Waals surface area contributed by atoms with Crippen LogP contribution in [0.5, 0.6) is 5.75 Å². The number of benzene rings is 1. The second-order valence-electron chi connectivity index (χ2n) is 6.28. The third-order valence-corrected chi connectivity index (χ3v) is 3.13. The van der Waals surface area contributed by atoms with E-state index >= 15 is 0 Å². The van der Waals surface area contributed by atoms with E-state index in [0.29, 0.717) is 11.3 Å². The van der Waals surface area contributed by atoms with Gasteiger partial charge in [0.25, 0.3) is 5.91 Å². The molecule has 0 spiro atoms. The lowest BCUT2D eigenvalue weighted by Crippen LogP contribution is -2.54. The highest BCUT2D eigenvalue weighted by Crippen LogP contribution is 2.33. The van der Waals surface area contributed by atoms with E-state index in [4.69, 9.17) is 4.74 Å². The van der Waals surface area contributed by atoms with Crippen LogP contribution < -0.4 is 10.1 Å². The number of halogens is 3. The Morgan fingerprint density at radius 3 is 2.04 bits per heavy atom. The Kier molecular flexibility index (Phi) is 5.80. The van der Waals surface area contributed by atoms with E-state index in [0.717, 1.165) is 0 Å². The molecule has 7 heteroatoms. The van der Waals surface area contributed by atoms with Gasteiger partial charge >= 0.3 is 6.18 Å². The van der Waals surface area contributed by atoms with Crippen molar-refractivity contribution in [3.05, 3.63) is 29.8 Å². The van der Waals surface area contributed by atoms with Crippen molar-refractivity contribution < 1.29 is 27.5 Å². The molecule has 1 aromatic rings. The van der Waals surface area contributed by atoms with Gasteiger partial charge in [0.1, 0.15) is 11.8 Å². The largest absolute Gasteiger partial charge is 0.484 e. The van der Waals surface area contributed by atoms with Crippen molar-refractivity contribution >= 4 is 11.7 Å². The van der Waals surface area contributed by atoms with Gasteiger partial charge in [-0.15, -0.1) is 0 Å². The van der Waals surface area contributed by atoms with Gasteiger partial charge < -0.3 is 10.1 Å². The van der Waals surface area contributed by atoms with Crippen LogP contribution in [-0.4, -0.2) is 30.5 Å². The van der Waals surface area contributed by atoms with Crippen LogP contribution in [0.3, 0.4) is 0 Å². The van der Waals surface area contributed by atoms with Crippen LogP contribution in [0.25, 0.3) is 0 Å². The summed E-state index contributed by atoms with van der Waals surface area (Å²) in [6.45, 7) is 5.06. The highest BCUT2D eigenvalue weighted by Gasteiger charge is 2.47. The van der Waals surface area contributed by atoms with Crippen molar-refractivity contribution in [3.8, 4) is 5.75 Å². The molecule has 128 valence electrons. The zero-order valence-corrected chi connectivity index (χ0v) is 13.5. The summed E-state index contributed by atoms with van der Waals surface area (Å²) in [6, 6.07) is 4.03. The SMILES string of the molecule is CC(=O)c1ccc(OCC(=O)N[C@H](C(C)(C)C)C(F)(F)F)cc1. The van der Waals surface area contributed by atoms with Crippen LogP contribution in [-0.2, 0) is 4.79 Å². The van der Waals surface area contributed by atoms with Gasteiger partial charge in [0.2, 0.25) is 0 Å². The Morgan fingerprint density at radius 1 is 1.13 bits per heavy atom. The van der Waals surface area contributed by atoms with Crippen molar-refractivity contribution in [1.29, 1.82) is 0 Å². The summed E-state index contributed by atoms with van der Waals surface area (Å²) in [4.78, 5) is 22.8. The van der Waals surface area contributed by atoms with Crippen LogP contribution in [0, 0.1) is 5.41 Å². The van der Waals surface area contributed by atoms with E-state index in [1.54, 1.807) is 0 Å². The van der Waals surface area contributed by atoms with E-state index in [-0.39, 0.29) is 5.78 Å². The number of carbonyl (C=O) groups is 2. The lowest BCUT2D eigenvalue weighted by Gasteiger charge is -2.32. The summed E-state index contributed by atoms with van der Waals surface area (Å²) in [5, 5.41) is 1.95. The number of rotatable bonds is 5. The molecule has 1 rings (SSSR count). The fourth-order valence-corrected chi connectivity index (χ4v) is 1.93. The zero-order valence-electron chi connectivity index (χ0n) is 13.5. The number of hydrogen-bond acceptors (Lipinski definition) is 3. The molecule has 0 saturated carbocycles. The van der Waals surface area contributed by atoms with Crippen molar-refractivity contribution in [1.82, 2.24) is 5.32 Å². The van der Waals surface area contributed by atoms with Gasteiger partial charge in [0.05, 0.1) is 0 Å². The minimum Gasteiger partial charge on any atom is -0.484 e. The first-order chi connectivity index (χ1) is 10.4. The molecule has 1 N–H and O–H groups in total. The summed E-state index contributed by atoms with van der Waals surface area (Å²) >= 11 is 0. The lowest BCUT2D eigenvalue weighted by molar-refractivity contribution is -0.181. The molecule has 0 fully saturated rings. The number of ether oxygens (including phenoxy) is 1. The van der Waals surface area contributed by atoms with Crippen molar-refractivity contribution in [3.63, 3.8) is 0 Å². The number of amides is 1. The number of alkyl halides is 3. The van der Waals surface area contributed by atoms with E-state index in [1.807, 2.05) is 5.32 Å². The molecule has 0 radical (unpaired) electrons.